The molecule has 0 amide bonds. The molecular formula is C24H32O2. The summed E-state index contributed by atoms with van der Waals surface area (Å²) >= 11 is 0. The van der Waals surface area contributed by atoms with E-state index < -0.39 is 0 Å². The summed E-state index contributed by atoms with van der Waals surface area (Å²) in [5, 5.41) is 0. The van der Waals surface area contributed by atoms with Crippen molar-refractivity contribution >= 4 is 12.0 Å². The maximum atomic E-state index is 12.6. The predicted octanol–water partition coefficient (Wildman–Crippen LogP) is 6.04. The first kappa shape index (κ1) is 18.9. The fourth-order valence-electron chi connectivity index (χ4n) is 5.08. The molecule has 0 bridgehead atoms. The zero-order chi connectivity index (χ0) is 18.7. The van der Waals surface area contributed by atoms with Gasteiger partial charge in [0.2, 0.25) is 0 Å². The zero-order valence-electron chi connectivity index (χ0n) is 16.6. The van der Waals surface area contributed by atoms with Crippen LogP contribution < -0.4 is 0 Å². The van der Waals surface area contributed by atoms with Gasteiger partial charge in [-0.2, -0.15) is 0 Å². The van der Waals surface area contributed by atoms with Gasteiger partial charge in [-0.25, -0.2) is 4.79 Å². The summed E-state index contributed by atoms with van der Waals surface area (Å²) in [6.07, 6.45) is 10.5. The highest BCUT2D eigenvalue weighted by molar-refractivity contribution is 5.87. The number of carbonyl (C=O) groups excluding carboxylic acids is 1. The SMILES string of the molecule is CC1=CCC[C@]2(C)CC[C@@H](C(C)C)[C@@H](OC(=O)C=Cc3ccccc3)[C@@H]12. The van der Waals surface area contributed by atoms with Gasteiger partial charge in [0.15, 0.2) is 0 Å². The molecule has 2 aliphatic carbocycles. The molecule has 1 aromatic carbocycles. The highest BCUT2D eigenvalue weighted by Crippen LogP contribution is 2.54. The molecule has 0 aromatic heterocycles. The first-order chi connectivity index (χ1) is 12.4. The van der Waals surface area contributed by atoms with Crippen LogP contribution in [-0.2, 0) is 9.53 Å². The Morgan fingerprint density at radius 2 is 1.96 bits per heavy atom. The maximum absolute atomic E-state index is 12.6. The summed E-state index contributed by atoms with van der Waals surface area (Å²) < 4.78 is 6.13. The monoisotopic (exact) mass is 352 g/mol. The molecule has 2 heteroatoms. The molecule has 0 spiro atoms. The Kier molecular flexibility index (Phi) is 5.70. The molecule has 1 saturated carbocycles. The Hall–Kier alpha value is -1.83. The lowest BCUT2D eigenvalue weighted by Crippen LogP contribution is -2.50. The number of esters is 1. The Morgan fingerprint density at radius 1 is 1.23 bits per heavy atom. The molecule has 2 aliphatic rings. The first-order valence-corrected chi connectivity index (χ1v) is 10.0. The van der Waals surface area contributed by atoms with Gasteiger partial charge in [0.1, 0.15) is 6.10 Å². The van der Waals surface area contributed by atoms with Crippen molar-refractivity contribution in [2.24, 2.45) is 23.2 Å². The van der Waals surface area contributed by atoms with Crippen LogP contribution in [0.25, 0.3) is 6.08 Å². The van der Waals surface area contributed by atoms with Crippen LogP contribution in [0.15, 0.2) is 48.1 Å². The average Bonchev–Trinajstić information content (AvgIpc) is 2.60. The minimum absolute atomic E-state index is 0.0155. The normalized spacial score (nSPS) is 31.6. The number of allylic oxidation sites excluding steroid dienone is 1. The van der Waals surface area contributed by atoms with Crippen molar-refractivity contribution in [3.8, 4) is 0 Å². The molecule has 0 saturated heterocycles. The van der Waals surface area contributed by atoms with Gasteiger partial charge in [0, 0.05) is 12.0 Å². The lowest BCUT2D eigenvalue weighted by atomic mass is 9.55. The number of hydrogen-bond donors (Lipinski definition) is 0. The van der Waals surface area contributed by atoms with Crippen LogP contribution in [-0.4, -0.2) is 12.1 Å². The van der Waals surface area contributed by atoms with Crippen molar-refractivity contribution in [3.05, 3.63) is 53.6 Å². The topological polar surface area (TPSA) is 26.3 Å². The van der Waals surface area contributed by atoms with E-state index in [1.54, 1.807) is 6.08 Å². The van der Waals surface area contributed by atoms with Gasteiger partial charge < -0.3 is 4.74 Å². The van der Waals surface area contributed by atoms with Gasteiger partial charge >= 0.3 is 5.97 Å². The molecule has 2 nitrogen and oxygen atoms in total. The summed E-state index contributed by atoms with van der Waals surface area (Å²) in [6.45, 7) is 9.14. The Bertz CT molecular complexity index is 685. The van der Waals surface area contributed by atoms with Crippen molar-refractivity contribution < 1.29 is 9.53 Å². The number of hydrogen-bond acceptors (Lipinski definition) is 2. The highest BCUT2D eigenvalue weighted by atomic mass is 16.5. The molecule has 26 heavy (non-hydrogen) atoms. The van der Waals surface area contributed by atoms with Crippen LogP contribution in [0.3, 0.4) is 0 Å². The van der Waals surface area contributed by atoms with E-state index in [0.29, 0.717) is 17.8 Å². The molecule has 0 unspecified atom stereocenters. The van der Waals surface area contributed by atoms with Gasteiger partial charge in [-0.15, -0.1) is 0 Å². The fraction of sp³-hybridized carbons (Fsp3) is 0.542. The minimum atomic E-state index is -0.216. The number of rotatable bonds is 4. The molecule has 1 fully saturated rings. The molecule has 0 aliphatic heterocycles. The van der Waals surface area contributed by atoms with E-state index in [-0.39, 0.29) is 17.5 Å². The van der Waals surface area contributed by atoms with Crippen LogP contribution in [0, 0.1) is 23.2 Å². The molecule has 1 aromatic rings. The molecule has 3 rings (SSSR count). The smallest absolute Gasteiger partial charge is 0.331 e. The van der Waals surface area contributed by atoms with E-state index in [4.69, 9.17) is 4.74 Å². The summed E-state index contributed by atoms with van der Waals surface area (Å²) in [5.41, 5.74) is 2.69. The standard InChI is InChI=1S/C24H32O2/c1-17(2)20-14-16-24(4)15-8-9-18(3)22(24)23(20)26-21(25)13-12-19-10-6-5-7-11-19/h5-7,9-13,17,20,22-23H,8,14-16H2,1-4H3/t20-,22+,23+,24+/m0/s1. The van der Waals surface area contributed by atoms with Gasteiger partial charge in [-0.3, -0.25) is 0 Å². The third-order valence-electron chi connectivity index (χ3n) is 6.54. The highest BCUT2D eigenvalue weighted by Gasteiger charge is 2.50. The van der Waals surface area contributed by atoms with E-state index in [9.17, 15) is 4.79 Å². The van der Waals surface area contributed by atoms with Crippen molar-refractivity contribution in [2.45, 2.75) is 59.5 Å². The third-order valence-corrected chi connectivity index (χ3v) is 6.54. The van der Waals surface area contributed by atoms with E-state index in [2.05, 4.69) is 33.8 Å². The summed E-state index contributed by atoms with van der Waals surface area (Å²) in [5.74, 6) is 1.09. The second-order valence-electron chi connectivity index (χ2n) is 8.71. The first-order valence-electron chi connectivity index (χ1n) is 10.0. The zero-order valence-corrected chi connectivity index (χ0v) is 16.6. The van der Waals surface area contributed by atoms with Crippen LogP contribution >= 0.6 is 0 Å². The fourth-order valence-corrected chi connectivity index (χ4v) is 5.08. The van der Waals surface area contributed by atoms with E-state index in [1.807, 2.05) is 36.4 Å². The number of benzene rings is 1. The van der Waals surface area contributed by atoms with Crippen molar-refractivity contribution in [2.75, 3.05) is 0 Å². The number of fused-ring (bicyclic) bond motifs is 1. The molecule has 0 N–H and O–H groups in total. The Morgan fingerprint density at radius 3 is 2.65 bits per heavy atom. The molecular weight excluding hydrogens is 320 g/mol. The van der Waals surface area contributed by atoms with Crippen LogP contribution in [0.4, 0.5) is 0 Å². The lowest BCUT2D eigenvalue weighted by molar-refractivity contribution is -0.158. The van der Waals surface area contributed by atoms with Crippen LogP contribution in [0.1, 0.15) is 58.9 Å². The second-order valence-corrected chi connectivity index (χ2v) is 8.71. The van der Waals surface area contributed by atoms with Gasteiger partial charge in [0.05, 0.1) is 0 Å². The van der Waals surface area contributed by atoms with Gasteiger partial charge in [-0.05, 0) is 61.5 Å². The summed E-state index contributed by atoms with van der Waals surface area (Å²) in [4.78, 5) is 12.6. The third kappa shape index (κ3) is 3.95. The number of ether oxygens (including phenoxy) is 1. The van der Waals surface area contributed by atoms with Crippen molar-refractivity contribution in [1.29, 1.82) is 0 Å². The van der Waals surface area contributed by atoms with E-state index >= 15 is 0 Å². The predicted molar refractivity (Wildman–Crippen MR) is 108 cm³/mol. The Balaban J connectivity index is 1.81. The quantitative estimate of drug-likeness (QED) is 0.375. The van der Waals surface area contributed by atoms with Gasteiger partial charge in [0.25, 0.3) is 0 Å². The maximum Gasteiger partial charge on any atom is 0.331 e. The van der Waals surface area contributed by atoms with Gasteiger partial charge in [-0.1, -0.05) is 62.8 Å². The molecule has 4 atom stereocenters. The lowest BCUT2D eigenvalue weighted by Gasteiger charge is -2.52. The molecule has 140 valence electrons. The van der Waals surface area contributed by atoms with Crippen LogP contribution in [0.5, 0.6) is 0 Å². The van der Waals surface area contributed by atoms with Crippen molar-refractivity contribution in [3.63, 3.8) is 0 Å². The largest absolute Gasteiger partial charge is 0.458 e. The van der Waals surface area contributed by atoms with E-state index in [1.165, 1.54) is 18.4 Å². The Labute approximate surface area is 158 Å². The number of carbonyl (C=O) groups is 1. The molecule has 0 heterocycles. The average molecular weight is 353 g/mol. The summed E-state index contributed by atoms with van der Waals surface area (Å²) in [7, 11) is 0. The van der Waals surface area contributed by atoms with Crippen molar-refractivity contribution in [1.82, 2.24) is 0 Å². The minimum Gasteiger partial charge on any atom is -0.458 e. The van der Waals surface area contributed by atoms with E-state index in [0.717, 1.165) is 18.4 Å². The molecule has 0 radical (unpaired) electrons. The second kappa shape index (κ2) is 7.82. The summed E-state index contributed by atoms with van der Waals surface area (Å²) in [6, 6.07) is 9.91. The van der Waals surface area contributed by atoms with Crippen LogP contribution in [0.2, 0.25) is 0 Å².